The van der Waals surface area contributed by atoms with Crippen LogP contribution in [-0.2, 0) is 4.74 Å². The highest BCUT2D eigenvalue weighted by Crippen LogP contribution is 2.30. The Hall–Kier alpha value is -1.91. The van der Waals surface area contributed by atoms with Gasteiger partial charge in [-0.2, -0.15) is 5.10 Å². The number of nitrogens with zero attached hydrogens (tertiary/aromatic N) is 6. The summed E-state index contributed by atoms with van der Waals surface area (Å²) in [6, 6.07) is 4.29. The van der Waals surface area contributed by atoms with E-state index >= 15 is 0 Å². The lowest BCUT2D eigenvalue weighted by atomic mass is 9.84. The summed E-state index contributed by atoms with van der Waals surface area (Å²) in [5.41, 5.74) is 0.413. The molecule has 0 spiro atoms. The molecule has 0 N–H and O–H groups in total. The van der Waals surface area contributed by atoms with E-state index in [-0.39, 0.29) is 18.2 Å². The summed E-state index contributed by atoms with van der Waals surface area (Å²) in [4.78, 5) is 21.6. The Morgan fingerprint density at radius 3 is 2.61 bits per heavy atom. The molecule has 4 rings (SSSR count). The molecule has 2 aromatic heterocycles. The number of ether oxygens (including phenoxy) is 1. The van der Waals surface area contributed by atoms with Crippen LogP contribution in [0.1, 0.15) is 71.5 Å². The standard InChI is InChI=1S/C24H35IN6O2/c1-17(30-15-21(25)26-16-30)20-10-11-22(28-27-20)29-12-6-9-19(14-29)31(13-18-7-5-8-18)23(32)33-24(2,3)4/h10-11,15-19H,5-9,12-14H2,1-4H3/t17?,19-/m1/s1. The van der Waals surface area contributed by atoms with Crippen LogP contribution >= 0.6 is 22.6 Å². The zero-order chi connectivity index (χ0) is 23.6. The molecule has 0 bridgehead atoms. The molecule has 2 aromatic rings. The summed E-state index contributed by atoms with van der Waals surface area (Å²) in [6.45, 7) is 10.4. The Labute approximate surface area is 210 Å². The molecular weight excluding hydrogens is 531 g/mol. The van der Waals surface area contributed by atoms with Crippen LogP contribution in [0.25, 0.3) is 0 Å². The van der Waals surface area contributed by atoms with E-state index in [9.17, 15) is 4.79 Å². The molecule has 1 amide bonds. The molecule has 180 valence electrons. The highest BCUT2D eigenvalue weighted by atomic mass is 127. The van der Waals surface area contributed by atoms with Crippen molar-refractivity contribution in [3.8, 4) is 0 Å². The largest absolute Gasteiger partial charge is 0.444 e. The van der Waals surface area contributed by atoms with E-state index in [0.29, 0.717) is 5.92 Å². The summed E-state index contributed by atoms with van der Waals surface area (Å²) in [7, 11) is 0. The molecule has 0 radical (unpaired) electrons. The van der Waals surface area contributed by atoms with Gasteiger partial charge in [0.2, 0.25) is 0 Å². The number of hydrogen-bond acceptors (Lipinski definition) is 6. The van der Waals surface area contributed by atoms with Crippen molar-refractivity contribution in [3.63, 3.8) is 0 Å². The Kier molecular flexibility index (Phi) is 7.45. The minimum Gasteiger partial charge on any atom is -0.444 e. The van der Waals surface area contributed by atoms with Gasteiger partial charge in [0.05, 0.1) is 24.1 Å². The highest BCUT2D eigenvalue weighted by molar-refractivity contribution is 14.1. The molecule has 8 nitrogen and oxygen atoms in total. The lowest BCUT2D eigenvalue weighted by Crippen LogP contribution is -2.53. The maximum atomic E-state index is 13.1. The molecule has 1 aliphatic carbocycles. The summed E-state index contributed by atoms with van der Waals surface area (Å²) < 4.78 is 8.78. The number of rotatable bonds is 6. The zero-order valence-corrected chi connectivity index (χ0v) is 22.2. The molecule has 1 unspecified atom stereocenters. The topological polar surface area (TPSA) is 76.4 Å². The second-order valence-corrected chi connectivity index (χ2v) is 11.4. The van der Waals surface area contributed by atoms with Crippen molar-refractivity contribution in [2.45, 2.75) is 77.5 Å². The number of anilines is 1. The fourth-order valence-corrected chi connectivity index (χ4v) is 4.91. The molecule has 33 heavy (non-hydrogen) atoms. The normalized spacial score (nSPS) is 20.3. The molecule has 1 saturated heterocycles. The third-order valence-corrected chi connectivity index (χ3v) is 7.14. The van der Waals surface area contributed by atoms with Gasteiger partial charge in [-0.3, -0.25) is 0 Å². The SMILES string of the molecule is CC(c1ccc(N2CCC[C@@H](N(CC3CCC3)C(=O)OC(C)(C)C)C2)nn1)n1cnc(I)c1. The average Bonchev–Trinajstić information content (AvgIpc) is 3.17. The van der Waals surface area contributed by atoms with Crippen molar-refractivity contribution in [2.24, 2.45) is 5.92 Å². The third-order valence-electron chi connectivity index (χ3n) is 6.59. The minimum atomic E-state index is -0.491. The van der Waals surface area contributed by atoms with Crippen molar-refractivity contribution in [1.82, 2.24) is 24.6 Å². The fourth-order valence-electron chi connectivity index (χ4n) is 4.47. The van der Waals surface area contributed by atoms with Gasteiger partial charge in [0.15, 0.2) is 5.82 Å². The number of halogens is 1. The van der Waals surface area contributed by atoms with E-state index < -0.39 is 5.60 Å². The van der Waals surface area contributed by atoms with Gasteiger partial charge < -0.3 is 19.1 Å². The number of piperidine rings is 1. The molecule has 3 heterocycles. The van der Waals surface area contributed by atoms with Gasteiger partial charge in [-0.25, -0.2) is 9.78 Å². The summed E-state index contributed by atoms with van der Waals surface area (Å²) in [6.07, 6.45) is 9.32. The van der Waals surface area contributed by atoms with Crippen LogP contribution in [0.2, 0.25) is 0 Å². The molecule has 1 saturated carbocycles. The van der Waals surface area contributed by atoms with E-state index in [1.54, 1.807) is 0 Å². The van der Waals surface area contributed by atoms with E-state index in [0.717, 1.165) is 47.7 Å². The Bertz CT molecular complexity index is 937. The third kappa shape index (κ3) is 6.16. The molecule has 2 fully saturated rings. The van der Waals surface area contributed by atoms with Crippen LogP contribution < -0.4 is 4.90 Å². The van der Waals surface area contributed by atoms with Crippen molar-refractivity contribution < 1.29 is 9.53 Å². The number of amides is 1. The average molecular weight is 566 g/mol. The lowest BCUT2D eigenvalue weighted by Gasteiger charge is -2.42. The summed E-state index contributed by atoms with van der Waals surface area (Å²) in [5, 5.41) is 9.06. The Morgan fingerprint density at radius 1 is 1.24 bits per heavy atom. The van der Waals surface area contributed by atoms with Crippen LogP contribution in [-0.4, -0.2) is 62.0 Å². The molecule has 2 atom stereocenters. The predicted octanol–water partition coefficient (Wildman–Crippen LogP) is 4.89. The first-order valence-electron chi connectivity index (χ1n) is 12.0. The molecule has 0 aromatic carbocycles. The van der Waals surface area contributed by atoms with Crippen LogP contribution in [0.3, 0.4) is 0 Å². The van der Waals surface area contributed by atoms with Crippen molar-refractivity contribution in [2.75, 3.05) is 24.5 Å². The molecular formula is C24H35IN6O2. The van der Waals surface area contributed by atoms with Crippen molar-refractivity contribution in [1.29, 1.82) is 0 Å². The molecule has 1 aliphatic heterocycles. The smallest absolute Gasteiger partial charge is 0.410 e. The Morgan fingerprint density at radius 2 is 2.03 bits per heavy atom. The first kappa shape index (κ1) is 24.2. The number of hydrogen-bond donors (Lipinski definition) is 0. The number of imidazole rings is 1. The fraction of sp³-hybridized carbons (Fsp3) is 0.667. The van der Waals surface area contributed by atoms with Gasteiger partial charge in [0.1, 0.15) is 9.30 Å². The van der Waals surface area contributed by atoms with Crippen LogP contribution in [0.5, 0.6) is 0 Å². The molecule has 9 heteroatoms. The minimum absolute atomic E-state index is 0.0711. The van der Waals surface area contributed by atoms with Crippen LogP contribution in [0, 0.1) is 9.62 Å². The first-order valence-corrected chi connectivity index (χ1v) is 13.0. The van der Waals surface area contributed by atoms with Gasteiger partial charge in [-0.15, -0.1) is 5.10 Å². The summed E-state index contributed by atoms with van der Waals surface area (Å²) >= 11 is 2.21. The van der Waals surface area contributed by atoms with Gasteiger partial charge in [0.25, 0.3) is 0 Å². The number of carbonyl (C=O) groups excluding carboxylic acids is 1. The van der Waals surface area contributed by atoms with E-state index in [1.165, 1.54) is 19.3 Å². The number of aromatic nitrogens is 4. The van der Waals surface area contributed by atoms with E-state index in [4.69, 9.17) is 4.74 Å². The predicted molar refractivity (Wildman–Crippen MR) is 136 cm³/mol. The quantitative estimate of drug-likeness (QED) is 0.464. The molecule has 2 aliphatic rings. The van der Waals surface area contributed by atoms with Crippen LogP contribution in [0.15, 0.2) is 24.7 Å². The first-order chi connectivity index (χ1) is 15.7. The summed E-state index contributed by atoms with van der Waals surface area (Å²) in [5.74, 6) is 1.46. The Balaban J connectivity index is 1.45. The zero-order valence-electron chi connectivity index (χ0n) is 20.1. The van der Waals surface area contributed by atoms with Gasteiger partial charge in [0, 0.05) is 25.8 Å². The van der Waals surface area contributed by atoms with Gasteiger partial charge >= 0.3 is 6.09 Å². The lowest BCUT2D eigenvalue weighted by molar-refractivity contribution is 0.00733. The second kappa shape index (κ2) is 10.1. The highest BCUT2D eigenvalue weighted by Gasteiger charge is 2.34. The van der Waals surface area contributed by atoms with E-state index in [2.05, 4.69) is 49.6 Å². The maximum absolute atomic E-state index is 13.1. The number of carbonyl (C=O) groups is 1. The van der Waals surface area contributed by atoms with Gasteiger partial charge in [-0.1, -0.05) is 6.42 Å². The van der Waals surface area contributed by atoms with E-state index in [1.807, 2.05) is 54.9 Å². The maximum Gasteiger partial charge on any atom is 0.410 e. The van der Waals surface area contributed by atoms with Gasteiger partial charge in [-0.05, 0) is 94.0 Å². The second-order valence-electron chi connectivity index (χ2n) is 10.3. The van der Waals surface area contributed by atoms with Crippen LogP contribution in [0.4, 0.5) is 10.6 Å². The van der Waals surface area contributed by atoms with Crippen molar-refractivity contribution in [3.05, 3.63) is 34.1 Å². The van der Waals surface area contributed by atoms with Crippen molar-refractivity contribution >= 4 is 34.5 Å². The monoisotopic (exact) mass is 566 g/mol.